The first-order chi connectivity index (χ1) is 12.9. The molecule has 0 fully saturated rings. The van der Waals surface area contributed by atoms with Crippen LogP contribution in [0.25, 0.3) is 9.64 Å². The molecule has 0 aliphatic heterocycles. The fraction of sp³-hybridized carbons (Fsp3) is 0.391. The van der Waals surface area contributed by atoms with Crippen molar-refractivity contribution in [1.29, 1.82) is 0 Å². The van der Waals surface area contributed by atoms with Crippen molar-refractivity contribution >= 4 is 23.6 Å². The minimum absolute atomic E-state index is 0. The van der Waals surface area contributed by atoms with Gasteiger partial charge in [0.05, 0.1) is 0 Å². The predicted molar refractivity (Wildman–Crippen MR) is 116 cm³/mol. The quantitative estimate of drug-likeness (QED) is 0.504. The SMILES string of the molecule is COC(C)=c1c(O[Si](C)(C)C)cc2c(c1NC(C)(C)C)[C]([Ti+2])=c1ccccc1=2.[Cl-].[Cl-]. The molecule has 7 heteroatoms. The number of hydrogen-bond donors (Lipinski definition) is 1. The van der Waals surface area contributed by atoms with Gasteiger partial charge in [0, 0.05) is 0 Å². The number of anilines is 1. The maximum atomic E-state index is 6.58. The molecule has 2 aromatic carbocycles. The van der Waals surface area contributed by atoms with Gasteiger partial charge in [0.2, 0.25) is 0 Å². The van der Waals surface area contributed by atoms with Gasteiger partial charge in [0.25, 0.3) is 0 Å². The topological polar surface area (TPSA) is 30.5 Å². The van der Waals surface area contributed by atoms with Crippen molar-refractivity contribution in [2.75, 3.05) is 12.4 Å². The maximum Gasteiger partial charge on any atom is -1.00 e. The fourth-order valence-electron chi connectivity index (χ4n) is 3.56. The zero-order valence-electron chi connectivity index (χ0n) is 19.0. The van der Waals surface area contributed by atoms with E-state index in [2.05, 4.69) is 96.5 Å². The summed E-state index contributed by atoms with van der Waals surface area (Å²) >= 11 is 2.21. The average molecular weight is 499 g/mol. The third-order valence-electron chi connectivity index (χ3n) is 4.60. The van der Waals surface area contributed by atoms with Crippen LogP contribution in [-0.4, -0.2) is 21.0 Å². The summed E-state index contributed by atoms with van der Waals surface area (Å²) in [7, 11) is -0.0851. The summed E-state index contributed by atoms with van der Waals surface area (Å²) in [6, 6.07) is 10.8. The van der Waals surface area contributed by atoms with Crippen LogP contribution in [-0.2, 0) is 25.2 Å². The van der Waals surface area contributed by atoms with E-state index in [4.69, 9.17) is 9.16 Å². The molecule has 0 amide bonds. The summed E-state index contributed by atoms with van der Waals surface area (Å²) < 4.78 is 13.6. The summed E-state index contributed by atoms with van der Waals surface area (Å²) in [4.78, 5) is 0. The van der Waals surface area contributed by atoms with Gasteiger partial charge in [-0.15, -0.1) is 0 Å². The van der Waals surface area contributed by atoms with E-state index in [1.807, 2.05) is 6.92 Å². The van der Waals surface area contributed by atoms with Crippen LogP contribution < -0.4 is 45.0 Å². The molecule has 30 heavy (non-hydrogen) atoms. The molecule has 0 unspecified atom stereocenters. The Morgan fingerprint density at radius 2 is 1.57 bits per heavy atom. The van der Waals surface area contributed by atoms with Gasteiger partial charge in [-0.3, -0.25) is 0 Å². The molecule has 0 atom stereocenters. The molecule has 0 bridgehead atoms. The van der Waals surface area contributed by atoms with Gasteiger partial charge in [-0.1, -0.05) is 0 Å². The van der Waals surface area contributed by atoms with Crippen molar-refractivity contribution in [3.63, 3.8) is 0 Å². The van der Waals surface area contributed by atoms with Gasteiger partial charge in [0.15, 0.2) is 0 Å². The van der Waals surface area contributed by atoms with Crippen LogP contribution in [0.2, 0.25) is 19.6 Å². The number of rotatable bonds is 4. The molecular weight excluding hydrogens is 469 g/mol. The van der Waals surface area contributed by atoms with Crippen LogP contribution >= 0.6 is 0 Å². The first-order valence-corrected chi connectivity index (χ1v) is 13.9. The molecule has 0 saturated carbocycles. The number of halogens is 2. The Morgan fingerprint density at radius 1 is 1.00 bits per heavy atom. The van der Waals surface area contributed by atoms with Crippen molar-refractivity contribution in [3.05, 3.63) is 56.8 Å². The van der Waals surface area contributed by atoms with E-state index in [9.17, 15) is 0 Å². The number of hydrogen-bond acceptors (Lipinski definition) is 3. The summed E-state index contributed by atoms with van der Waals surface area (Å²) in [5.74, 6) is 1.78. The summed E-state index contributed by atoms with van der Waals surface area (Å²) in [5.41, 5.74) is 2.26. The summed E-state index contributed by atoms with van der Waals surface area (Å²) in [6.07, 6.45) is 0. The Kier molecular flexibility index (Phi) is 8.77. The van der Waals surface area contributed by atoms with Crippen LogP contribution in [0.1, 0.15) is 33.3 Å². The van der Waals surface area contributed by atoms with Crippen molar-refractivity contribution < 1.29 is 54.4 Å². The zero-order valence-corrected chi connectivity index (χ0v) is 23.0. The molecule has 161 valence electrons. The van der Waals surface area contributed by atoms with Crippen LogP contribution in [0.3, 0.4) is 0 Å². The number of nitrogens with one attached hydrogen (secondary N) is 1. The normalized spacial score (nSPS) is 13.5. The zero-order chi connectivity index (χ0) is 20.9. The van der Waals surface area contributed by atoms with E-state index in [-0.39, 0.29) is 30.4 Å². The van der Waals surface area contributed by atoms with E-state index < -0.39 is 8.32 Å². The molecule has 1 aliphatic carbocycles. The molecule has 0 saturated heterocycles. The Morgan fingerprint density at radius 3 is 2.07 bits per heavy atom. The minimum Gasteiger partial charge on any atom is -1.00 e. The number of ether oxygens (including phenoxy) is 1. The van der Waals surface area contributed by atoms with Gasteiger partial charge >= 0.3 is 181 Å². The van der Waals surface area contributed by atoms with Crippen molar-refractivity contribution in [1.82, 2.24) is 0 Å². The molecule has 3 nitrogen and oxygen atoms in total. The van der Waals surface area contributed by atoms with E-state index in [1.165, 1.54) is 25.1 Å². The largest absolute Gasteiger partial charge is 1.00 e. The van der Waals surface area contributed by atoms with Gasteiger partial charge in [-0.05, 0) is 0 Å². The van der Waals surface area contributed by atoms with Gasteiger partial charge in [-0.2, -0.15) is 0 Å². The molecule has 0 radical (unpaired) electrons. The molecule has 1 aliphatic rings. The monoisotopic (exact) mass is 498 g/mol. The maximum absolute atomic E-state index is 6.58. The predicted octanol–water partition coefficient (Wildman–Crippen LogP) is -1.80. The van der Waals surface area contributed by atoms with E-state index >= 15 is 0 Å². The molecule has 2 aromatic rings. The second-order valence-electron chi connectivity index (χ2n) is 9.32. The smallest absolute Gasteiger partial charge is 1.00 e. The Hall–Kier alpha value is -0.909. The third kappa shape index (κ3) is 5.47. The van der Waals surface area contributed by atoms with Crippen molar-refractivity contribution in [2.24, 2.45) is 0 Å². The van der Waals surface area contributed by atoms with Crippen LogP contribution in [0.4, 0.5) is 5.69 Å². The van der Waals surface area contributed by atoms with Crippen LogP contribution in [0.15, 0.2) is 30.3 Å². The Balaban J connectivity index is 0.00000225. The second kappa shape index (κ2) is 9.70. The van der Waals surface area contributed by atoms with Crippen LogP contribution in [0, 0.1) is 10.4 Å². The second-order valence-corrected chi connectivity index (χ2v) is 14.5. The van der Waals surface area contributed by atoms with Gasteiger partial charge in [-0.25, -0.2) is 0 Å². The van der Waals surface area contributed by atoms with E-state index in [0.717, 1.165) is 22.4 Å². The molecule has 0 heterocycles. The first kappa shape index (κ1) is 27.1. The fourth-order valence-corrected chi connectivity index (χ4v) is 5.13. The number of methoxy groups -OCH3 is 1. The van der Waals surface area contributed by atoms with Crippen molar-refractivity contribution in [2.45, 2.75) is 52.9 Å². The van der Waals surface area contributed by atoms with E-state index in [0.29, 0.717) is 0 Å². The first-order valence-electron chi connectivity index (χ1n) is 9.68. The molecule has 1 N–H and O–H groups in total. The third-order valence-corrected chi connectivity index (χ3v) is 6.25. The molecule has 3 rings (SSSR count). The minimum atomic E-state index is -1.81. The molecular formula is C23H30Cl2NO2SiTi. The molecule has 0 aromatic heterocycles. The molecule has 0 spiro atoms. The summed E-state index contributed by atoms with van der Waals surface area (Å²) in [6.45, 7) is 15.2. The van der Waals surface area contributed by atoms with E-state index in [1.54, 1.807) is 7.11 Å². The number of benzene rings is 2. The van der Waals surface area contributed by atoms with Gasteiger partial charge < -0.3 is 24.8 Å². The van der Waals surface area contributed by atoms with Crippen LogP contribution in [0.5, 0.6) is 5.75 Å². The van der Waals surface area contributed by atoms with Gasteiger partial charge in [0.1, 0.15) is 0 Å². The summed E-state index contributed by atoms with van der Waals surface area (Å²) in [5, 5.41) is 8.60. The Labute approximate surface area is 205 Å². The Bertz CT molecular complexity index is 1150. The number of fused-ring (bicyclic) bond motifs is 2. The van der Waals surface area contributed by atoms with Crippen molar-refractivity contribution in [3.8, 4) is 5.75 Å². The standard InChI is InChI=1S/C23H30NO2Si.2ClH.Ti/c1-15(25-5)21-20(26-27(6,7)8)14-18-17-12-10-9-11-16(17)13-19(18)22(21)24-23(2,3)4;;;/h9-12,14,24H,1-8H3;2*1H;/q;;;+2/p-2. The average Bonchev–Trinajstić information content (AvgIpc) is 2.85.